The number of ether oxygens (including phenoxy) is 2. The first-order valence-corrected chi connectivity index (χ1v) is 4.79. The van der Waals surface area contributed by atoms with Gasteiger partial charge in [-0.3, -0.25) is 0 Å². The van der Waals surface area contributed by atoms with Crippen LogP contribution in [0.3, 0.4) is 0 Å². The first kappa shape index (κ1) is 9.34. The molecule has 0 aromatic heterocycles. The Morgan fingerprint density at radius 2 is 2.29 bits per heavy atom. The van der Waals surface area contributed by atoms with Crippen molar-refractivity contribution >= 4 is 0 Å². The maximum atomic E-state index is 9.84. The van der Waals surface area contributed by atoms with Crippen LogP contribution in [0, 0.1) is 0 Å². The van der Waals surface area contributed by atoms with Crippen molar-refractivity contribution in [2.45, 2.75) is 25.6 Å². The van der Waals surface area contributed by atoms with Gasteiger partial charge in [-0.25, -0.2) is 0 Å². The minimum atomic E-state index is -0.499. The van der Waals surface area contributed by atoms with Gasteiger partial charge in [0.1, 0.15) is 23.7 Å². The predicted molar refractivity (Wildman–Crippen MR) is 52.7 cm³/mol. The van der Waals surface area contributed by atoms with Crippen LogP contribution in [-0.2, 0) is 0 Å². The summed E-state index contributed by atoms with van der Waals surface area (Å²) in [5.74, 6) is 1.50. The van der Waals surface area contributed by atoms with Crippen LogP contribution in [0.1, 0.15) is 25.0 Å². The molecule has 2 atom stereocenters. The summed E-state index contributed by atoms with van der Waals surface area (Å²) in [5.41, 5.74) is 0.859. The van der Waals surface area contributed by atoms with Crippen LogP contribution in [0.15, 0.2) is 18.2 Å². The zero-order valence-electron chi connectivity index (χ0n) is 8.36. The molecule has 1 N–H and O–H groups in total. The molecule has 0 aliphatic carbocycles. The summed E-state index contributed by atoms with van der Waals surface area (Å²) in [4.78, 5) is 0. The molecule has 1 aromatic carbocycles. The number of hydrogen-bond acceptors (Lipinski definition) is 3. The normalized spacial score (nSPS) is 24.2. The third-order valence-electron chi connectivity index (χ3n) is 2.57. The van der Waals surface area contributed by atoms with Crippen LogP contribution in [-0.4, -0.2) is 18.3 Å². The van der Waals surface area contributed by atoms with Gasteiger partial charge in [0, 0.05) is 11.6 Å². The van der Waals surface area contributed by atoms with Crippen molar-refractivity contribution in [2.24, 2.45) is 0 Å². The molecule has 0 bridgehead atoms. The smallest absolute Gasteiger partial charge is 0.129 e. The summed E-state index contributed by atoms with van der Waals surface area (Å²) in [6, 6.07) is 5.51. The highest BCUT2D eigenvalue weighted by Gasteiger charge is 2.31. The van der Waals surface area contributed by atoms with E-state index in [1.165, 1.54) is 0 Å². The van der Waals surface area contributed by atoms with E-state index in [-0.39, 0.29) is 6.10 Å². The van der Waals surface area contributed by atoms with Crippen LogP contribution in [0.25, 0.3) is 0 Å². The molecule has 1 aromatic rings. The van der Waals surface area contributed by atoms with Gasteiger partial charge in [-0.15, -0.1) is 0 Å². The molecule has 1 aliphatic rings. The second kappa shape index (κ2) is 3.50. The van der Waals surface area contributed by atoms with Gasteiger partial charge in [0.05, 0.1) is 7.11 Å². The molecule has 2 unspecified atom stereocenters. The molecule has 3 heteroatoms. The molecule has 0 fully saturated rings. The van der Waals surface area contributed by atoms with Gasteiger partial charge in [-0.2, -0.15) is 0 Å². The Morgan fingerprint density at radius 3 is 2.93 bits per heavy atom. The SMILES string of the molecule is CCC1Oc2cc(OC)ccc2C1O. The van der Waals surface area contributed by atoms with E-state index >= 15 is 0 Å². The summed E-state index contributed by atoms with van der Waals surface area (Å²) in [6.45, 7) is 2.00. The summed E-state index contributed by atoms with van der Waals surface area (Å²) >= 11 is 0. The van der Waals surface area contributed by atoms with Crippen LogP contribution in [0.4, 0.5) is 0 Å². The van der Waals surface area contributed by atoms with Crippen LogP contribution >= 0.6 is 0 Å². The van der Waals surface area contributed by atoms with Crippen molar-refractivity contribution in [2.75, 3.05) is 7.11 Å². The number of benzene rings is 1. The zero-order valence-corrected chi connectivity index (χ0v) is 8.36. The topological polar surface area (TPSA) is 38.7 Å². The van der Waals surface area contributed by atoms with Crippen molar-refractivity contribution in [3.05, 3.63) is 23.8 Å². The highest BCUT2D eigenvalue weighted by atomic mass is 16.5. The molecule has 14 heavy (non-hydrogen) atoms. The van der Waals surface area contributed by atoms with Gasteiger partial charge in [-0.05, 0) is 18.6 Å². The number of rotatable bonds is 2. The van der Waals surface area contributed by atoms with Gasteiger partial charge in [0.25, 0.3) is 0 Å². The van der Waals surface area contributed by atoms with Crippen molar-refractivity contribution in [3.8, 4) is 11.5 Å². The summed E-state index contributed by atoms with van der Waals surface area (Å²) < 4.78 is 10.7. The Labute approximate surface area is 83.3 Å². The van der Waals surface area contributed by atoms with Gasteiger partial charge < -0.3 is 14.6 Å². The summed E-state index contributed by atoms with van der Waals surface area (Å²) in [6.07, 6.45) is 0.191. The maximum Gasteiger partial charge on any atom is 0.129 e. The van der Waals surface area contributed by atoms with Crippen LogP contribution in [0.2, 0.25) is 0 Å². The number of aliphatic hydroxyl groups is 1. The molecule has 3 nitrogen and oxygen atoms in total. The largest absolute Gasteiger partial charge is 0.497 e. The molecule has 1 aliphatic heterocycles. The first-order chi connectivity index (χ1) is 6.76. The second-order valence-corrected chi connectivity index (χ2v) is 3.41. The average molecular weight is 194 g/mol. The average Bonchev–Trinajstić information content (AvgIpc) is 2.55. The van der Waals surface area contributed by atoms with Crippen molar-refractivity contribution in [1.82, 2.24) is 0 Å². The summed E-state index contributed by atoms with van der Waals surface area (Å²) in [5, 5.41) is 9.84. The number of aliphatic hydroxyl groups excluding tert-OH is 1. The maximum absolute atomic E-state index is 9.84. The monoisotopic (exact) mass is 194 g/mol. The van der Waals surface area contributed by atoms with E-state index in [1.807, 2.05) is 25.1 Å². The number of methoxy groups -OCH3 is 1. The quantitative estimate of drug-likeness (QED) is 0.781. The van der Waals surface area contributed by atoms with E-state index in [9.17, 15) is 5.11 Å². The molecule has 1 heterocycles. The lowest BCUT2D eigenvalue weighted by Gasteiger charge is -2.10. The molecule has 0 radical (unpaired) electrons. The number of fused-ring (bicyclic) bond motifs is 1. The third-order valence-corrected chi connectivity index (χ3v) is 2.57. The Bertz CT molecular complexity index is 335. The molecule has 0 spiro atoms. The van der Waals surface area contributed by atoms with E-state index in [0.717, 1.165) is 23.5 Å². The number of hydrogen-bond donors (Lipinski definition) is 1. The molecule has 0 saturated carbocycles. The van der Waals surface area contributed by atoms with Crippen LogP contribution in [0.5, 0.6) is 11.5 Å². The molecule has 0 amide bonds. The van der Waals surface area contributed by atoms with Crippen molar-refractivity contribution < 1.29 is 14.6 Å². The first-order valence-electron chi connectivity index (χ1n) is 4.79. The van der Waals surface area contributed by atoms with E-state index in [1.54, 1.807) is 7.11 Å². The lowest BCUT2D eigenvalue weighted by atomic mass is 10.1. The molecule has 0 saturated heterocycles. The highest BCUT2D eigenvalue weighted by Crippen LogP contribution is 2.39. The fourth-order valence-corrected chi connectivity index (χ4v) is 1.72. The highest BCUT2D eigenvalue weighted by molar-refractivity contribution is 5.45. The minimum absolute atomic E-state index is 0.114. The molecule has 76 valence electrons. The third kappa shape index (κ3) is 1.34. The molecular formula is C11H14O3. The lowest BCUT2D eigenvalue weighted by Crippen LogP contribution is -2.16. The Balaban J connectivity index is 2.34. The fourth-order valence-electron chi connectivity index (χ4n) is 1.72. The Hall–Kier alpha value is -1.22. The van der Waals surface area contributed by atoms with E-state index in [0.29, 0.717) is 0 Å². The fraction of sp³-hybridized carbons (Fsp3) is 0.455. The Kier molecular flexibility index (Phi) is 2.33. The molecule has 2 rings (SSSR count). The van der Waals surface area contributed by atoms with Crippen molar-refractivity contribution in [1.29, 1.82) is 0 Å². The minimum Gasteiger partial charge on any atom is -0.497 e. The van der Waals surface area contributed by atoms with Gasteiger partial charge in [0.15, 0.2) is 0 Å². The van der Waals surface area contributed by atoms with Gasteiger partial charge >= 0.3 is 0 Å². The summed E-state index contributed by atoms with van der Waals surface area (Å²) in [7, 11) is 1.62. The lowest BCUT2D eigenvalue weighted by molar-refractivity contribution is 0.0653. The Morgan fingerprint density at radius 1 is 1.50 bits per heavy atom. The van der Waals surface area contributed by atoms with Gasteiger partial charge in [-0.1, -0.05) is 6.92 Å². The van der Waals surface area contributed by atoms with E-state index < -0.39 is 6.10 Å². The standard InChI is InChI=1S/C11H14O3/c1-3-9-11(12)8-5-4-7(13-2)6-10(8)14-9/h4-6,9,11-12H,3H2,1-2H3. The van der Waals surface area contributed by atoms with E-state index in [2.05, 4.69) is 0 Å². The second-order valence-electron chi connectivity index (χ2n) is 3.41. The van der Waals surface area contributed by atoms with Crippen molar-refractivity contribution in [3.63, 3.8) is 0 Å². The van der Waals surface area contributed by atoms with E-state index in [4.69, 9.17) is 9.47 Å². The predicted octanol–water partition coefficient (Wildman–Crippen LogP) is 1.90. The van der Waals surface area contributed by atoms with Crippen LogP contribution < -0.4 is 9.47 Å². The van der Waals surface area contributed by atoms with Gasteiger partial charge in [0.2, 0.25) is 0 Å². The molecular weight excluding hydrogens is 180 g/mol. The zero-order chi connectivity index (χ0) is 10.1.